The van der Waals surface area contributed by atoms with E-state index in [2.05, 4.69) is 5.32 Å². The highest BCUT2D eigenvalue weighted by atomic mass is 16.4. The van der Waals surface area contributed by atoms with Crippen molar-refractivity contribution < 1.29 is 24.5 Å². The Morgan fingerprint density at radius 1 is 1.33 bits per heavy atom. The molecule has 0 amide bonds. The minimum Gasteiger partial charge on any atom is -0.475 e. The van der Waals surface area contributed by atoms with Gasteiger partial charge in [-0.15, -0.1) is 0 Å². The molecule has 7 heteroatoms. The summed E-state index contributed by atoms with van der Waals surface area (Å²) in [6.07, 6.45) is -2.20. The number of aromatic carboxylic acids is 1. The van der Waals surface area contributed by atoms with Gasteiger partial charge in [-0.25, -0.2) is 4.79 Å². The molecule has 7 nitrogen and oxygen atoms in total. The highest BCUT2D eigenvalue weighted by Crippen LogP contribution is 2.21. The van der Waals surface area contributed by atoms with Crippen LogP contribution in [0.3, 0.4) is 0 Å². The van der Waals surface area contributed by atoms with Gasteiger partial charge >= 0.3 is 5.97 Å². The lowest BCUT2D eigenvalue weighted by molar-refractivity contribution is 0.0203. The average Bonchev–Trinajstić information content (AvgIpc) is 2.46. The quantitative estimate of drug-likeness (QED) is 0.617. The maximum Gasteiger partial charge on any atom is 0.371 e. The fraction of sp³-hybridized carbons (Fsp3) is 0.286. The average molecular weight is 293 g/mol. The summed E-state index contributed by atoms with van der Waals surface area (Å²) in [5.74, 6) is -1.78. The van der Waals surface area contributed by atoms with E-state index in [4.69, 9.17) is 9.52 Å². The van der Waals surface area contributed by atoms with E-state index in [0.29, 0.717) is 5.56 Å². The lowest BCUT2D eigenvalue weighted by Gasteiger charge is -2.18. The molecule has 21 heavy (non-hydrogen) atoms. The number of hydrogen-bond acceptors (Lipinski definition) is 6. The van der Waals surface area contributed by atoms with Crippen LogP contribution >= 0.6 is 0 Å². The van der Waals surface area contributed by atoms with Gasteiger partial charge in [0.25, 0.3) is 0 Å². The molecule has 4 N–H and O–H groups in total. The standard InChI is InChI=1S/C14H15NO6/c1-15-6-10(17)13(18)7-2-3-11-8(4-7)9(16)5-12(21-11)14(19)20/h2-5,10,13,15,17-18H,6H2,1H3,(H,19,20). The largest absolute Gasteiger partial charge is 0.475 e. The van der Waals surface area contributed by atoms with E-state index < -0.39 is 29.4 Å². The zero-order chi connectivity index (χ0) is 15.6. The lowest BCUT2D eigenvalue weighted by Crippen LogP contribution is -2.29. The molecule has 0 aliphatic rings. The molecule has 0 saturated heterocycles. The number of rotatable bonds is 5. The van der Waals surface area contributed by atoms with Gasteiger partial charge in [0.1, 0.15) is 11.7 Å². The zero-order valence-corrected chi connectivity index (χ0v) is 11.2. The fourth-order valence-electron chi connectivity index (χ4n) is 2.01. The molecule has 2 unspecified atom stereocenters. The van der Waals surface area contributed by atoms with Crippen molar-refractivity contribution in [3.63, 3.8) is 0 Å². The molecular formula is C14H15NO6. The van der Waals surface area contributed by atoms with Crippen molar-refractivity contribution in [3.8, 4) is 0 Å². The van der Waals surface area contributed by atoms with Gasteiger partial charge in [-0.3, -0.25) is 4.79 Å². The van der Waals surface area contributed by atoms with Crippen LogP contribution in [0.25, 0.3) is 11.0 Å². The molecule has 0 saturated carbocycles. The Morgan fingerprint density at radius 3 is 2.67 bits per heavy atom. The van der Waals surface area contributed by atoms with Gasteiger partial charge in [0, 0.05) is 12.6 Å². The highest BCUT2D eigenvalue weighted by molar-refractivity contribution is 5.87. The van der Waals surface area contributed by atoms with Gasteiger partial charge in [0.05, 0.1) is 11.5 Å². The number of fused-ring (bicyclic) bond motifs is 1. The minimum atomic E-state index is -1.33. The molecule has 0 aliphatic carbocycles. The topological polar surface area (TPSA) is 120 Å². The van der Waals surface area contributed by atoms with E-state index in [9.17, 15) is 19.8 Å². The molecule has 1 aromatic heterocycles. The maximum absolute atomic E-state index is 11.9. The Bertz CT molecular complexity index is 723. The summed E-state index contributed by atoms with van der Waals surface area (Å²) in [6, 6.07) is 5.13. The second-order valence-corrected chi connectivity index (χ2v) is 4.61. The molecule has 0 aliphatic heterocycles. The van der Waals surface area contributed by atoms with E-state index in [1.165, 1.54) is 18.2 Å². The third-order valence-electron chi connectivity index (χ3n) is 3.08. The number of carboxylic acids is 1. The summed E-state index contributed by atoms with van der Waals surface area (Å²) in [5.41, 5.74) is -0.0645. The van der Waals surface area contributed by atoms with Crippen LogP contribution in [0.15, 0.2) is 33.5 Å². The number of hydrogen-bond donors (Lipinski definition) is 4. The van der Waals surface area contributed by atoms with Crippen molar-refractivity contribution in [2.45, 2.75) is 12.2 Å². The Hall–Kier alpha value is -2.22. The molecule has 0 fully saturated rings. The summed E-state index contributed by atoms with van der Waals surface area (Å²) in [4.78, 5) is 22.7. The van der Waals surface area contributed by atoms with Crippen LogP contribution in [0.1, 0.15) is 22.2 Å². The van der Waals surface area contributed by atoms with Gasteiger partial charge in [-0.2, -0.15) is 0 Å². The molecule has 0 radical (unpaired) electrons. The number of aliphatic hydroxyl groups excluding tert-OH is 2. The van der Waals surface area contributed by atoms with E-state index in [0.717, 1.165) is 6.07 Å². The summed E-state index contributed by atoms with van der Waals surface area (Å²) in [5, 5.41) is 31.4. The Balaban J connectivity index is 2.47. The van der Waals surface area contributed by atoms with Crippen LogP contribution in [-0.2, 0) is 0 Å². The molecule has 2 rings (SSSR count). The number of likely N-dealkylation sites (N-methyl/N-ethyl adjacent to an activating group) is 1. The number of carboxylic acid groups (broad SMARTS) is 1. The van der Waals surface area contributed by atoms with Crippen LogP contribution in [0.4, 0.5) is 0 Å². The van der Waals surface area contributed by atoms with E-state index in [-0.39, 0.29) is 17.5 Å². The third-order valence-corrected chi connectivity index (χ3v) is 3.08. The van der Waals surface area contributed by atoms with Crippen molar-refractivity contribution in [1.29, 1.82) is 0 Å². The normalized spacial score (nSPS) is 14.0. The molecular weight excluding hydrogens is 278 g/mol. The van der Waals surface area contributed by atoms with Gasteiger partial charge in [-0.1, -0.05) is 6.07 Å². The van der Waals surface area contributed by atoms with Gasteiger partial charge in [0.2, 0.25) is 5.76 Å². The SMILES string of the molecule is CNCC(O)C(O)c1ccc2oc(C(=O)O)cc(=O)c2c1. The maximum atomic E-state index is 11.9. The van der Waals surface area contributed by atoms with Crippen molar-refractivity contribution in [1.82, 2.24) is 5.32 Å². The molecule has 0 spiro atoms. The van der Waals surface area contributed by atoms with Gasteiger partial charge in [0.15, 0.2) is 5.43 Å². The molecule has 2 aromatic rings. The summed E-state index contributed by atoms with van der Waals surface area (Å²) >= 11 is 0. The molecule has 1 heterocycles. The Morgan fingerprint density at radius 2 is 2.05 bits per heavy atom. The number of nitrogens with one attached hydrogen (secondary N) is 1. The van der Waals surface area contributed by atoms with E-state index in [1.54, 1.807) is 7.05 Å². The summed E-state index contributed by atoms with van der Waals surface area (Å²) < 4.78 is 5.09. The predicted molar refractivity (Wildman–Crippen MR) is 74.3 cm³/mol. The molecule has 0 bridgehead atoms. The van der Waals surface area contributed by atoms with Crippen LogP contribution < -0.4 is 10.7 Å². The number of carbonyl (C=O) groups is 1. The van der Waals surface area contributed by atoms with Crippen LogP contribution in [0, 0.1) is 0 Å². The first-order valence-corrected chi connectivity index (χ1v) is 6.26. The van der Waals surface area contributed by atoms with Crippen molar-refractivity contribution >= 4 is 16.9 Å². The van der Waals surface area contributed by atoms with E-state index >= 15 is 0 Å². The van der Waals surface area contributed by atoms with E-state index in [1.807, 2.05) is 0 Å². The molecule has 1 aromatic carbocycles. The highest BCUT2D eigenvalue weighted by Gasteiger charge is 2.19. The van der Waals surface area contributed by atoms with Gasteiger partial charge < -0.3 is 25.1 Å². The number of benzene rings is 1. The molecule has 112 valence electrons. The Kier molecular flexibility index (Phi) is 4.37. The van der Waals surface area contributed by atoms with Crippen molar-refractivity contribution in [3.05, 3.63) is 45.8 Å². The van der Waals surface area contributed by atoms with Gasteiger partial charge in [-0.05, 0) is 24.7 Å². The van der Waals surface area contributed by atoms with Crippen LogP contribution in [-0.4, -0.2) is 41.0 Å². The predicted octanol–water partition coefficient (Wildman–Crippen LogP) is 0.105. The van der Waals surface area contributed by atoms with Crippen molar-refractivity contribution in [2.75, 3.05) is 13.6 Å². The first-order chi connectivity index (χ1) is 9.93. The monoisotopic (exact) mass is 293 g/mol. The second kappa shape index (κ2) is 6.04. The smallest absolute Gasteiger partial charge is 0.371 e. The summed E-state index contributed by atoms with van der Waals surface area (Å²) in [6.45, 7) is 0.186. The van der Waals surface area contributed by atoms with Crippen LogP contribution in [0.5, 0.6) is 0 Å². The zero-order valence-electron chi connectivity index (χ0n) is 11.2. The lowest BCUT2D eigenvalue weighted by atomic mass is 10.0. The summed E-state index contributed by atoms with van der Waals surface area (Å²) in [7, 11) is 1.64. The first-order valence-electron chi connectivity index (χ1n) is 6.26. The van der Waals surface area contributed by atoms with Crippen LogP contribution in [0.2, 0.25) is 0 Å². The molecule has 2 atom stereocenters. The second-order valence-electron chi connectivity index (χ2n) is 4.61. The Labute approximate surface area is 119 Å². The third kappa shape index (κ3) is 3.10. The minimum absolute atomic E-state index is 0.110. The van der Waals surface area contributed by atoms with Crippen molar-refractivity contribution in [2.24, 2.45) is 0 Å². The fourth-order valence-corrected chi connectivity index (χ4v) is 2.01. The number of aliphatic hydroxyl groups is 2. The first kappa shape index (κ1) is 15.2.